The Kier molecular flexibility index (Phi) is 6.70. The van der Waals surface area contributed by atoms with Gasteiger partial charge in [-0.15, -0.1) is 0 Å². The van der Waals surface area contributed by atoms with Gasteiger partial charge in [0, 0.05) is 0 Å². The molecule has 1 nitrogen and oxygen atoms in total. The molecule has 0 heterocycles. The fourth-order valence-corrected chi connectivity index (χ4v) is 0.434. The number of ether oxygens (including phenoxy) is 1. The number of hydrogen-bond acceptors (Lipinski definition) is 1. The summed E-state index contributed by atoms with van der Waals surface area (Å²) in [6.07, 6.45) is 8.80. The molecule has 1 heteroatoms. The molecule has 0 rings (SSSR count). The van der Waals surface area contributed by atoms with Crippen LogP contribution in [-0.4, -0.2) is 6.61 Å². The van der Waals surface area contributed by atoms with E-state index in [0.717, 1.165) is 13.0 Å². The molecule has 0 aromatic heterocycles. The Morgan fingerprint density at radius 1 is 1.33 bits per heavy atom. The second-order valence-electron chi connectivity index (χ2n) is 1.63. The van der Waals surface area contributed by atoms with Crippen LogP contribution in [0.1, 0.15) is 20.3 Å². The molecular formula is C8H14O. The first-order valence-electron chi connectivity index (χ1n) is 3.29. The molecule has 0 bridgehead atoms. The largest absolute Gasteiger partial charge is 0.502 e. The van der Waals surface area contributed by atoms with E-state index in [1.807, 2.05) is 26.0 Å². The summed E-state index contributed by atoms with van der Waals surface area (Å²) in [5, 5.41) is 0. The maximum Gasteiger partial charge on any atom is 0.0845 e. The van der Waals surface area contributed by atoms with Gasteiger partial charge in [0.1, 0.15) is 0 Å². The highest BCUT2D eigenvalue weighted by Gasteiger charge is 1.68. The summed E-state index contributed by atoms with van der Waals surface area (Å²) in [7, 11) is 0. The predicted octanol–water partition coefficient (Wildman–Crippen LogP) is 2.50. The van der Waals surface area contributed by atoms with E-state index in [1.165, 1.54) is 0 Å². The van der Waals surface area contributed by atoms with Crippen LogP contribution < -0.4 is 0 Å². The lowest BCUT2D eigenvalue weighted by Crippen LogP contribution is -1.75. The van der Waals surface area contributed by atoms with Crippen molar-refractivity contribution < 1.29 is 4.74 Å². The lowest BCUT2D eigenvalue weighted by atomic mass is 10.4. The fourth-order valence-electron chi connectivity index (χ4n) is 0.434. The van der Waals surface area contributed by atoms with E-state index in [0.29, 0.717) is 0 Å². The van der Waals surface area contributed by atoms with Gasteiger partial charge in [0.15, 0.2) is 0 Å². The van der Waals surface area contributed by atoms with Crippen LogP contribution in [-0.2, 0) is 4.74 Å². The van der Waals surface area contributed by atoms with Crippen LogP contribution in [0.3, 0.4) is 0 Å². The summed E-state index contributed by atoms with van der Waals surface area (Å²) in [6.45, 7) is 4.74. The third kappa shape index (κ3) is 7.28. The van der Waals surface area contributed by atoms with Gasteiger partial charge in [-0.1, -0.05) is 12.2 Å². The van der Waals surface area contributed by atoms with Crippen LogP contribution in [0.5, 0.6) is 0 Å². The molecule has 0 radical (unpaired) electrons. The van der Waals surface area contributed by atoms with Crippen LogP contribution in [0, 0.1) is 0 Å². The molecule has 0 fully saturated rings. The molecule has 0 aliphatic carbocycles. The molecule has 0 aliphatic heterocycles. The minimum atomic E-state index is 0.756. The molecule has 0 aliphatic rings. The van der Waals surface area contributed by atoms with Gasteiger partial charge < -0.3 is 4.74 Å². The van der Waals surface area contributed by atoms with Crippen molar-refractivity contribution in [3.05, 3.63) is 24.5 Å². The van der Waals surface area contributed by atoms with E-state index in [-0.39, 0.29) is 0 Å². The SMILES string of the molecule is C/C=C/C/C=C/OCC. The molecule has 0 spiro atoms. The molecule has 0 aromatic carbocycles. The highest BCUT2D eigenvalue weighted by Crippen LogP contribution is 1.85. The maximum absolute atomic E-state index is 4.97. The van der Waals surface area contributed by atoms with Gasteiger partial charge in [0.05, 0.1) is 12.9 Å². The summed E-state index contributed by atoms with van der Waals surface area (Å²) >= 11 is 0. The van der Waals surface area contributed by atoms with Gasteiger partial charge in [-0.05, 0) is 26.3 Å². The van der Waals surface area contributed by atoms with Gasteiger partial charge >= 0.3 is 0 Å². The van der Waals surface area contributed by atoms with Crippen molar-refractivity contribution in [1.29, 1.82) is 0 Å². The Bertz CT molecular complexity index is 92.7. The Morgan fingerprint density at radius 2 is 2.11 bits per heavy atom. The van der Waals surface area contributed by atoms with Crippen molar-refractivity contribution in [2.24, 2.45) is 0 Å². The summed E-state index contributed by atoms with van der Waals surface area (Å²) < 4.78 is 4.97. The fraction of sp³-hybridized carbons (Fsp3) is 0.500. The molecule has 0 saturated carbocycles. The van der Waals surface area contributed by atoms with Crippen molar-refractivity contribution >= 4 is 0 Å². The lowest BCUT2D eigenvalue weighted by molar-refractivity contribution is 0.268. The van der Waals surface area contributed by atoms with Crippen molar-refractivity contribution in [2.45, 2.75) is 20.3 Å². The lowest BCUT2D eigenvalue weighted by Gasteiger charge is -1.89. The Labute approximate surface area is 57.0 Å². The maximum atomic E-state index is 4.97. The molecular weight excluding hydrogens is 112 g/mol. The first-order chi connectivity index (χ1) is 4.41. The molecule has 9 heavy (non-hydrogen) atoms. The van der Waals surface area contributed by atoms with E-state index in [1.54, 1.807) is 6.26 Å². The minimum absolute atomic E-state index is 0.756. The van der Waals surface area contributed by atoms with Crippen molar-refractivity contribution in [3.63, 3.8) is 0 Å². The van der Waals surface area contributed by atoms with Gasteiger partial charge in [-0.2, -0.15) is 0 Å². The monoisotopic (exact) mass is 126 g/mol. The topological polar surface area (TPSA) is 9.23 Å². The number of hydrogen-bond donors (Lipinski definition) is 0. The summed E-state index contributed by atoms with van der Waals surface area (Å²) in [5.74, 6) is 0. The van der Waals surface area contributed by atoms with E-state index in [9.17, 15) is 0 Å². The van der Waals surface area contributed by atoms with Gasteiger partial charge in [0.25, 0.3) is 0 Å². The second-order valence-corrected chi connectivity index (χ2v) is 1.63. The van der Waals surface area contributed by atoms with Gasteiger partial charge in [-0.25, -0.2) is 0 Å². The molecule has 0 saturated heterocycles. The van der Waals surface area contributed by atoms with Crippen molar-refractivity contribution in [3.8, 4) is 0 Å². The quantitative estimate of drug-likeness (QED) is 0.415. The molecule has 0 unspecified atom stereocenters. The van der Waals surface area contributed by atoms with Crippen LogP contribution >= 0.6 is 0 Å². The van der Waals surface area contributed by atoms with Gasteiger partial charge in [-0.3, -0.25) is 0 Å². The smallest absolute Gasteiger partial charge is 0.0845 e. The normalized spacial score (nSPS) is 11.3. The van der Waals surface area contributed by atoms with Crippen molar-refractivity contribution in [2.75, 3.05) is 6.61 Å². The first-order valence-corrected chi connectivity index (χ1v) is 3.29. The van der Waals surface area contributed by atoms with Gasteiger partial charge in [0.2, 0.25) is 0 Å². The zero-order valence-electron chi connectivity index (χ0n) is 6.13. The first kappa shape index (κ1) is 8.28. The Hall–Kier alpha value is -0.720. The van der Waals surface area contributed by atoms with E-state index < -0.39 is 0 Å². The van der Waals surface area contributed by atoms with E-state index in [4.69, 9.17) is 4.74 Å². The summed E-state index contributed by atoms with van der Waals surface area (Å²) in [4.78, 5) is 0. The van der Waals surface area contributed by atoms with E-state index >= 15 is 0 Å². The average molecular weight is 126 g/mol. The minimum Gasteiger partial charge on any atom is -0.502 e. The summed E-state index contributed by atoms with van der Waals surface area (Å²) in [5.41, 5.74) is 0. The third-order valence-corrected chi connectivity index (χ3v) is 0.867. The standard InChI is InChI=1S/C8H14O/c1-3-5-6-7-8-9-4-2/h3,5,7-8H,4,6H2,1-2H3/b5-3+,8-7+. The van der Waals surface area contributed by atoms with Crippen LogP contribution in [0.2, 0.25) is 0 Å². The molecule has 0 amide bonds. The molecule has 52 valence electrons. The average Bonchev–Trinajstić information content (AvgIpc) is 1.89. The summed E-state index contributed by atoms with van der Waals surface area (Å²) in [6, 6.07) is 0. The molecule has 0 atom stereocenters. The molecule has 0 N–H and O–H groups in total. The Balaban J connectivity index is 3.04. The highest BCUT2D eigenvalue weighted by molar-refractivity contribution is 4.87. The number of allylic oxidation sites excluding steroid dienone is 3. The zero-order chi connectivity index (χ0) is 6.95. The number of rotatable bonds is 4. The third-order valence-electron chi connectivity index (χ3n) is 0.867. The van der Waals surface area contributed by atoms with Crippen LogP contribution in [0.25, 0.3) is 0 Å². The van der Waals surface area contributed by atoms with Crippen molar-refractivity contribution in [1.82, 2.24) is 0 Å². The molecule has 0 aromatic rings. The zero-order valence-corrected chi connectivity index (χ0v) is 6.13. The van der Waals surface area contributed by atoms with E-state index in [2.05, 4.69) is 6.08 Å². The predicted molar refractivity (Wildman–Crippen MR) is 40.2 cm³/mol. The second kappa shape index (κ2) is 7.28. The van der Waals surface area contributed by atoms with Crippen LogP contribution in [0.15, 0.2) is 24.5 Å². The Morgan fingerprint density at radius 3 is 2.67 bits per heavy atom. The highest BCUT2D eigenvalue weighted by atomic mass is 16.5. The van der Waals surface area contributed by atoms with Crippen LogP contribution in [0.4, 0.5) is 0 Å².